The molecular weight excluding hydrogens is 312 g/mol. The van der Waals surface area contributed by atoms with Gasteiger partial charge in [0.25, 0.3) is 0 Å². The number of nitrogens with zero attached hydrogens (tertiary/aromatic N) is 1. The van der Waals surface area contributed by atoms with Crippen LogP contribution in [0.5, 0.6) is 0 Å². The Bertz CT molecular complexity index is 560. The Morgan fingerprint density at radius 1 is 1.40 bits per heavy atom. The molecule has 1 aliphatic carbocycles. The molecule has 1 saturated heterocycles. The summed E-state index contributed by atoms with van der Waals surface area (Å²) in [5, 5.41) is 5.29. The Morgan fingerprint density at radius 3 is 2.85 bits per heavy atom. The van der Waals surface area contributed by atoms with E-state index in [0.717, 1.165) is 22.8 Å². The van der Waals surface area contributed by atoms with Crippen molar-refractivity contribution in [2.75, 3.05) is 18.6 Å². The monoisotopic (exact) mass is 332 g/mol. The Hall–Kier alpha value is -0.0800. The molecule has 0 aromatic carbocycles. The molecule has 112 valence electrons. The zero-order chi connectivity index (χ0) is 14.2. The molecule has 20 heavy (non-hydrogen) atoms. The molecule has 1 aromatic heterocycles. The van der Waals surface area contributed by atoms with Crippen molar-refractivity contribution in [3.63, 3.8) is 0 Å². The van der Waals surface area contributed by atoms with Crippen LogP contribution in [0.25, 0.3) is 0 Å². The standard InChI is InChI=1S/C13H20N2O2S3/c1-15(11-4-6-18-9-11)20(16,17)13-5-7-19-12(13)8-14-10-2-3-10/h5,7,10-11,14H,2-4,6,8-9H2,1H3. The molecule has 1 saturated carbocycles. The maximum absolute atomic E-state index is 12.8. The first-order valence-electron chi connectivity index (χ1n) is 6.94. The van der Waals surface area contributed by atoms with Gasteiger partial charge in [0.15, 0.2) is 0 Å². The highest BCUT2D eigenvalue weighted by molar-refractivity contribution is 7.99. The Balaban J connectivity index is 1.77. The zero-order valence-electron chi connectivity index (χ0n) is 11.5. The first kappa shape index (κ1) is 14.8. The fourth-order valence-corrected chi connectivity index (χ4v) is 6.48. The largest absolute Gasteiger partial charge is 0.309 e. The zero-order valence-corrected chi connectivity index (χ0v) is 14.0. The van der Waals surface area contributed by atoms with Crippen molar-refractivity contribution >= 4 is 33.1 Å². The van der Waals surface area contributed by atoms with Crippen LogP contribution < -0.4 is 5.32 Å². The third-order valence-corrected chi connectivity index (χ3v) is 8.10. The number of hydrogen-bond donors (Lipinski definition) is 1. The second-order valence-corrected chi connectivity index (χ2v) is 9.52. The highest BCUT2D eigenvalue weighted by Crippen LogP contribution is 2.30. The van der Waals surface area contributed by atoms with Gasteiger partial charge in [0.05, 0.1) is 4.90 Å². The minimum Gasteiger partial charge on any atom is -0.309 e. The molecule has 1 atom stereocenters. The second kappa shape index (κ2) is 5.96. The predicted octanol–water partition coefficient (Wildman–Crippen LogP) is 2.13. The lowest BCUT2D eigenvalue weighted by Gasteiger charge is -2.23. The lowest BCUT2D eigenvalue weighted by Crippen LogP contribution is -2.37. The van der Waals surface area contributed by atoms with E-state index < -0.39 is 10.0 Å². The van der Waals surface area contributed by atoms with Crippen LogP contribution in [0.3, 0.4) is 0 Å². The highest BCUT2D eigenvalue weighted by atomic mass is 32.2. The van der Waals surface area contributed by atoms with Gasteiger partial charge in [-0.25, -0.2) is 8.42 Å². The van der Waals surface area contributed by atoms with E-state index in [1.807, 2.05) is 17.1 Å². The molecule has 7 heteroatoms. The topological polar surface area (TPSA) is 49.4 Å². The van der Waals surface area contributed by atoms with E-state index in [1.54, 1.807) is 17.4 Å². The number of sulfonamides is 1. The van der Waals surface area contributed by atoms with Crippen LogP contribution in [0.1, 0.15) is 24.1 Å². The molecule has 2 fully saturated rings. The van der Waals surface area contributed by atoms with Crippen LogP contribution in [0, 0.1) is 0 Å². The summed E-state index contributed by atoms with van der Waals surface area (Å²) >= 11 is 3.37. The SMILES string of the molecule is CN(C1CCSC1)S(=O)(=O)c1ccsc1CNC1CC1. The lowest BCUT2D eigenvalue weighted by molar-refractivity contribution is 0.394. The van der Waals surface area contributed by atoms with Gasteiger partial charge in [-0.1, -0.05) is 0 Å². The molecule has 4 nitrogen and oxygen atoms in total. The molecule has 3 rings (SSSR count). The normalized spacial score (nSPS) is 23.6. The van der Waals surface area contributed by atoms with Crippen molar-refractivity contribution in [1.82, 2.24) is 9.62 Å². The molecule has 0 spiro atoms. The summed E-state index contributed by atoms with van der Waals surface area (Å²) in [6.07, 6.45) is 3.39. The van der Waals surface area contributed by atoms with Gasteiger partial charge in [-0.2, -0.15) is 16.1 Å². The number of thiophene rings is 1. The van der Waals surface area contributed by atoms with Gasteiger partial charge in [-0.05, 0) is 36.5 Å². The van der Waals surface area contributed by atoms with Crippen molar-refractivity contribution in [2.45, 2.75) is 42.8 Å². The van der Waals surface area contributed by atoms with E-state index in [1.165, 1.54) is 24.2 Å². The van der Waals surface area contributed by atoms with Crippen LogP contribution in [0.2, 0.25) is 0 Å². The first-order chi connectivity index (χ1) is 9.59. The highest BCUT2D eigenvalue weighted by Gasteiger charge is 2.32. The van der Waals surface area contributed by atoms with Gasteiger partial charge in [0.1, 0.15) is 0 Å². The summed E-state index contributed by atoms with van der Waals surface area (Å²) in [5.41, 5.74) is 0. The smallest absolute Gasteiger partial charge is 0.244 e. The van der Waals surface area contributed by atoms with Gasteiger partial charge in [-0.3, -0.25) is 0 Å². The van der Waals surface area contributed by atoms with E-state index in [0.29, 0.717) is 17.5 Å². The third kappa shape index (κ3) is 3.06. The van der Waals surface area contributed by atoms with E-state index in [-0.39, 0.29) is 6.04 Å². The number of hydrogen-bond acceptors (Lipinski definition) is 5. The number of thioether (sulfide) groups is 1. The maximum Gasteiger partial charge on any atom is 0.244 e. The van der Waals surface area contributed by atoms with E-state index in [9.17, 15) is 8.42 Å². The lowest BCUT2D eigenvalue weighted by atomic mass is 10.3. The van der Waals surface area contributed by atoms with E-state index in [4.69, 9.17) is 0 Å². The summed E-state index contributed by atoms with van der Waals surface area (Å²) in [7, 11) is -1.62. The Kier molecular flexibility index (Phi) is 4.42. The quantitative estimate of drug-likeness (QED) is 0.867. The summed E-state index contributed by atoms with van der Waals surface area (Å²) in [5.74, 6) is 1.97. The van der Waals surface area contributed by atoms with Crippen LogP contribution in [0.15, 0.2) is 16.3 Å². The van der Waals surface area contributed by atoms with Crippen molar-refractivity contribution in [1.29, 1.82) is 0 Å². The van der Waals surface area contributed by atoms with Crippen LogP contribution in [-0.2, 0) is 16.6 Å². The van der Waals surface area contributed by atoms with Crippen molar-refractivity contribution in [3.05, 3.63) is 16.3 Å². The third-order valence-electron chi connectivity index (χ3n) is 3.91. The maximum atomic E-state index is 12.8. The molecule has 0 bridgehead atoms. The van der Waals surface area contributed by atoms with Crippen LogP contribution >= 0.6 is 23.1 Å². The second-order valence-electron chi connectivity index (χ2n) is 5.40. The van der Waals surface area contributed by atoms with Gasteiger partial charge in [0, 0.05) is 36.3 Å². The number of rotatable bonds is 6. The average molecular weight is 333 g/mol. The van der Waals surface area contributed by atoms with Crippen LogP contribution in [-0.4, -0.2) is 43.4 Å². The molecule has 0 amide bonds. The Labute approximate surface area is 129 Å². The molecule has 2 heterocycles. The van der Waals surface area contributed by atoms with Crippen LogP contribution in [0.4, 0.5) is 0 Å². The Morgan fingerprint density at radius 2 is 2.20 bits per heavy atom. The molecule has 0 radical (unpaired) electrons. The van der Waals surface area contributed by atoms with E-state index in [2.05, 4.69) is 5.32 Å². The van der Waals surface area contributed by atoms with Gasteiger partial charge in [-0.15, -0.1) is 11.3 Å². The molecule has 1 N–H and O–H groups in total. The van der Waals surface area contributed by atoms with Crippen molar-refractivity contribution in [3.8, 4) is 0 Å². The summed E-state index contributed by atoms with van der Waals surface area (Å²) < 4.78 is 27.1. The summed E-state index contributed by atoms with van der Waals surface area (Å²) in [6.45, 7) is 0.671. The molecule has 1 aliphatic heterocycles. The fourth-order valence-electron chi connectivity index (χ4n) is 2.37. The summed E-state index contributed by atoms with van der Waals surface area (Å²) in [6, 6.07) is 2.49. The minimum atomic E-state index is -3.35. The first-order valence-corrected chi connectivity index (χ1v) is 10.4. The predicted molar refractivity (Wildman–Crippen MR) is 84.9 cm³/mol. The molecular formula is C13H20N2O2S3. The number of nitrogens with one attached hydrogen (secondary N) is 1. The van der Waals surface area contributed by atoms with Crippen molar-refractivity contribution < 1.29 is 8.42 Å². The fraction of sp³-hybridized carbons (Fsp3) is 0.692. The molecule has 1 aromatic rings. The van der Waals surface area contributed by atoms with Crippen molar-refractivity contribution in [2.24, 2.45) is 0 Å². The van der Waals surface area contributed by atoms with E-state index >= 15 is 0 Å². The molecule has 2 aliphatic rings. The summed E-state index contributed by atoms with van der Waals surface area (Å²) in [4.78, 5) is 1.43. The molecule has 1 unspecified atom stereocenters. The van der Waals surface area contributed by atoms with Gasteiger partial charge < -0.3 is 5.32 Å². The average Bonchev–Trinajstić information content (AvgIpc) is 2.95. The van der Waals surface area contributed by atoms with Gasteiger partial charge in [0.2, 0.25) is 10.0 Å². The minimum absolute atomic E-state index is 0.147. The van der Waals surface area contributed by atoms with Gasteiger partial charge >= 0.3 is 0 Å².